The average Bonchev–Trinajstić information content (AvgIpc) is 2.82. The quantitative estimate of drug-likeness (QED) is 0.120. The van der Waals surface area contributed by atoms with Crippen molar-refractivity contribution in [2.45, 2.75) is 91.3 Å². The summed E-state index contributed by atoms with van der Waals surface area (Å²) >= 11 is 3.64. The summed E-state index contributed by atoms with van der Waals surface area (Å²) in [7, 11) is -1.90. The fraction of sp³-hybridized carbons (Fsp3) is 0.548. The molecule has 2 rings (SSSR count). The second-order valence-electron chi connectivity index (χ2n) is 11.0. The van der Waals surface area contributed by atoms with Crippen LogP contribution >= 0.6 is 15.9 Å². The van der Waals surface area contributed by atoms with Crippen LogP contribution in [-0.4, -0.2) is 28.1 Å². The van der Waals surface area contributed by atoms with E-state index in [0.29, 0.717) is 13.2 Å². The number of ether oxygens (including phenoxy) is 2. The van der Waals surface area contributed by atoms with Crippen molar-refractivity contribution in [1.29, 1.82) is 0 Å². The number of rotatable bonds is 15. The van der Waals surface area contributed by atoms with Crippen molar-refractivity contribution in [2.75, 3.05) is 19.8 Å². The third kappa shape index (κ3) is 10.1. The summed E-state index contributed by atoms with van der Waals surface area (Å²) in [5.74, 6) is 1.66. The van der Waals surface area contributed by atoms with Gasteiger partial charge in [-0.05, 0) is 78.0 Å². The molecule has 0 saturated heterocycles. The van der Waals surface area contributed by atoms with E-state index in [-0.39, 0.29) is 5.04 Å². The minimum absolute atomic E-state index is 0.158. The van der Waals surface area contributed by atoms with Gasteiger partial charge >= 0.3 is 0 Å². The molecule has 0 aliphatic carbocycles. The molecule has 0 aromatic heterocycles. The lowest BCUT2D eigenvalue weighted by molar-refractivity contribution is 0.259. The van der Waals surface area contributed by atoms with Gasteiger partial charge < -0.3 is 13.9 Å². The van der Waals surface area contributed by atoms with Crippen LogP contribution in [0.15, 0.2) is 46.9 Å². The van der Waals surface area contributed by atoms with E-state index in [0.717, 1.165) is 52.1 Å². The lowest BCUT2D eigenvalue weighted by Crippen LogP contribution is -2.41. The molecule has 200 valence electrons. The van der Waals surface area contributed by atoms with E-state index in [9.17, 15) is 0 Å². The number of benzene rings is 2. The first-order valence-electron chi connectivity index (χ1n) is 13.6. The zero-order valence-electron chi connectivity index (χ0n) is 23.6. The molecule has 0 fully saturated rings. The van der Waals surface area contributed by atoms with Gasteiger partial charge in [-0.15, -0.1) is 0 Å². The van der Waals surface area contributed by atoms with Crippen LogP contribution in [0.25, 0.3) is 11.6 Å². The Morgan fingerprint density at radius 3 is 2.08 bits per heavy atom. The normalized spacial score (nSPS) is 12.6. The monoisotopic (exact) mass is 574 g/mol. The summed E-state index contributed by atoms with van der Waals surface area (Å²) in [5.41, 5.74) is 3.42. The van der Waals surface area contributed by atoms with Crippen LogP contribution in [0.5, 0.6) is 11.5 Å². The Bertz CT molecular complexity index is 963. The fourth-order valence-corrected chi connectivity index (χ4v) is 4.84. The molecule has 2 aromatic carbocycles. The van der Waals surface area contributed by atoms with Gasteiger partial charge in [0.1, 0.15) is 0 Å². The van der Waals surface area contributed by atoms with Crippen LogP contribution in [0.1, 0.15) is 84.3 Å². The number of hydrogen-bond donors (Lipinski definition) is 0. The van der Waals surface area contributed by atoms with Gasteiger partial charge in [0.2, 0.25) is 0 Å². The number of unbranched alkanes of at least 4 members (excludes halogenated alkanes) is 4. The molecule has 0 spiro atoms. The molecular weight excluding hydrogens is 528 g/mol. The first-order chi connectivity index (χ1) is 17.1. The van der Waals surface area contributed by atoms with E-state index >= 15 is 0 Å². The van der Waals surface area contributed by atoms with Crippen LogP contribution in [0.4, 0.5) is 0 Å². The highest BCUT2D eigenvalue weighted by Gasteiger charge is 2.37. The summed E-state index contributed by atoms with van der Waals surface area (Å²) in [6.45, 7) is 17.9. The molecule has 0 N–H and O–H groups in total. The Morgan fingerprint density at radius 2 is 1.50 bits per heavy atom. The van der Waals surface area contributed by atoms with Crippen molar-refractivity contribution in [2.24, 2.45) is 0 Å². The first kappa shape index (κ1) is 30.7. The summed E-state index contributed by atoms with van der Waals surface area (Å²) in [6, 6.07) is 14.7. The SMILES string of the molecule is CCCCCOc1ccc(/C=C(\CO[Si](C)(C)C(C)(C)C)c2cccc(Br)c2)cc1OCCCCC. The maximum atomic E-state index is 6.64. The van der Waals surface area contributed by atoms with E-state index in [1.165, 1.54) is 25.7 Å². The Labute approximate surface area is 229 Å². The van der Waals surface area contributed by atoms with Gasteiger partial charge in [0, 0.05) is 4.47 Å². The highest BCUT2D eigenvalue weighted by atomic mass is 79.9. The zero-order valence-corrected chi connectivity index (χ0v) is 26.2. The van der Waals surface area contributed by atoms with Crippen LogP contribution in [0, 0.1) is 0 Å². The number of halogens is 1. The Kier molecular flexibility index (Phi) is 12.8. The average molecular weight is 576 g/mol. The molecule has 3 nitrogen and oxygen atoms in total. The standard InChI is InChI=1S/C31H47BrO3Si/c1-8-10-12-19-33-29-18-17-25(22-30(29)34-20-13-11-9-2)21-27(26-15-14-16-28(32)23-26)24-35-36(6,7)31(3,4)5/h14-18,21-23H,8-13,19-20,24H2,1-7H3/b27-21+. The molecule has 0 aliphatic rings. The molecule has 0 amide bonds. The van der Waals surface area contributed by atoms with E-state index in [2.05, 4.69) is 112 Å². The largest absolute Gasteiger partial charge is 0.490 e. The highest BCUT2D eigenvalue weighted by molar-refractivity contribution is 9.10. The molecular formula is C31H47BrO3Si. The minimum Gasteiger partial charge on any atom is -0.490 e. The summed E-state index contributed by atoms with van der Waals surface area (Å²) < 4.78 is 20.0. The van der Waals surface area contributed by atoms with E-state index in [1.54, 1.807) is 0 Å². The number of hydrogen-bond acceptors (Lipinski definition) is 3. The smallest absolute Gasteiger partial charge is 0.192 e. The molecule has 0 aliphatic heterocycles. The molecule has 5 heteroatoms. The molecule has 2 aromatic rings. The van der Waals surface area contributed by atoms with Crippen molar-refractivity contribution in [3.63, 3.8) is 0 Å². The topological polar surface area (TPSA) is 27.7 Å². The van der Waals surface area contributed by atoms with Crippen molar-refractivity contribution >= 4 is 35.9 Å². The van der Waals surface area contributed by atoms with Crippen LogP contribution < -0.4 is 9.47 Å². The summed E-state index contributed by atoms with van der Waals surface area (Å²) in [5, 5.41) is 0.158. The van der Waals surface area contributed by atoms with E-state index in [1.807, 2.05) is 0 Å². The third-order valence-electron chi connectivity index (χ3n) is 6.91. The third-order valence-corrected chi connectivity index (χ3v) is 11.9. The lowest BCUT2D eigenvalue weighted by Gasteiger charge is -2.36. The second kappa shape index (κ2) is 15.0. The molecule has 0 atom stereocenters. The molecule has 36 heavy (non-hydrogen) atoms. The van der Waals surface area contributed by atoms with Crippen molar-refractivity contribution < 1.29 is 13.9 Å². The Hall–Kier alpha value is -1.56. The Morgan fingerprint density at radius 1 is 0.861 bits per heavy atom. The van der Waals surface area contributed by atoms with Gasteiger partial charge in [0.25, 0.3) is 0 Å². The van der Waals surface area contributed by atoms with Crippen LogP contribution in [0.2, 0.25) is 18.1 Å². The minimum atomic E-state index is -1.90. The van der Waals surface area contributed by atoms with Crippen LogP contribution in [0.3, 0.4) is 0 Å². The van der Waals surface area contributed by atoms with Crippen molar-refractivity contribution in [3.05, 3.63) is 58.1 Å². The Balaban J connectivity index is 2.36. The molecule has 0 radical (unpaired) electrons. The first-order valence-corrected chi connectivity index (χ1v) is 17.3. The van der Waals surface area contributed by atoms with Gasteiger partial charge in [-0.2, -0.15) is 0 Å². The maximum Gasteiger partial charge on any atom is 0.192 e. The van der Waals surface area contributed by atoms with Crippen molar-refractivity contribution in [1.82, 2.24) is 0 Å². The van der Waals surface area contributed by atoms with Gasteiger partial charge in [0.15, 0.2) is 19.8 Å². The second-order valence-corrected chi connectivity index (χ2v) is 16.8. The predicted octanol–water partition coefficient (Wildman–Crippen LogP) is 10.1. The fourth-order valence-electron chi connectivity index (χ4n) is 3.49. The highest BCUT2D eigenvalue weighted by Crippen LogP contribution is 2.38. The maximum absolute atomic E-state index is 6.64. The zero-order chi connectivity index (χ0) is 26.6. The summed E-state index contributed by atoms with van der Waals surface area (Å²) in [6.07, 6.45) is 9.05. The van der Waals surface area contributed by atoms with Gasteiger partial charge in [-0.25, -0.2) is 0 Å². The van der Waals surface area contributed by atoms with Crippen LogP contribution in [-0.2, 0) is 4.43 Å². The van der Waals surface area contributed by atoms with Gasteiger partial charge in [-0.1, -0.05) is 94.4 Å². The van der Waals surface area contributed by atoms with Crippen molar-refractivity contribution in [3.8, 4) is 11.5 Å². The van der Waals surface area contributed by atoms with Gasteiger partial charge in [-0.3, -0.25) is 0 Å². The predicted molar refractivity (Wildman–Crippen MR) is 162 cm³/mol. The lowest BCUT2D eigenvalue weighted by atomic mass is 10.0. The van der Waals surface area contributed by atoms with Gasteiger partial charge in [0.05, 0.1) is 19.8 Å². The molecule has 0 saturated carbocycles. The molecule has 0 heterocycles. The van der Waals surface area contributed by atoms with E-state index in [4.69, 9.17) is 13.9 Å². The molecule has 0 bridgehead atoms. The summed E-state index contributed by atoms with van der Waals surface area (Å²) in [4.78, 5) is 0. The molecule has 0 unspecified atom stereocenters. The van der Waals surface area contributed by atoms with E-state index < -0.39 is 8.32 Å².